The molecule has 0 aliphatic rings. The Morgan fingerprint density at radius 3 is 2.76 bits per heavy atom. The highest BCUT2D eigenvalue weighted by molar-refractivity contribution is 5.33. The quantitative estimate of drug-likeness (QED) is 0.876. The summed E-state index contributed by atoms with van der Waals surface area (Å²) in [4.78, 5) is 7.84. The Balaban J connectivity index is 2.32. The highest BCUT2D eigenvalue weighted by Gasteiger charge is 2.12. The van der Waals surface area contributed by atoms with E-state index < -0.39 is 11.9 Å². The molecule has 0 aliphatic carbocycles. The molecule has 2 N–H and O–H groups in total. The van der Waals surface area contributed by atoms with Gasteiger partial charge < -0.3 is 10.5 Å². The minimum atomic E-state index is -0.474. The highest BCUT2D eigenvalue weighted by Crippen LogP contribution is 2.23. The van der Waals surface area contributed by atoms with E-state index in [1.807, 2.05) is 0 Å². The van der Waals surface area contributed by atoms with Gasteiger partial charge in [0.15, 0.2) is 11.6 Å². The van der Waals surface area contributed by atoms with Gasteiger partial charge in [-0.1, -0.05) is 6.07 Å². The standard InChI is InChI=1S/C12H12FN3O/c1-17-11-3-2-8(6-9(11)13)12(14)10-4-5-15-7-16-10/h2-7,12H,14H2,1H3. The molecule has 5 heteroatoms. The Morgan fingerprint density at radius 2 is 2.18 bits per heavy atom. The number of nitrogens with two attached hydrogens (primary N) is 1. The first-order valence-electron chi connectivity index (χ1n) is 5.07. The molecule has 2 aromatic rings. The fraction of sp³-hybridized carbons (Fsp3) is 0.167. The van der Waals surface area contributed by atoms with E-state index in [4.69, 9.17) is 10.5 Å². The zero-order chi connectivity index (χ0) is 12.3. The van der Waals surface area contributed by atoms with Crippen molar-refractivity contribution in [2.24, 2.45) is 5.73 Å². The molecular formula is C12H12FN3O. The van der Waals surface area contributed by atoms with Gasteiger partial charge in [0.1, 0.15) is 6.33 Å². The van der Waals surface area contributed by atoms with Crippen LogP contribution in [0.5, 0.6) is 5.75 Å². The van der Waals surface area contributed by atoms with Crippen LogP contribution in [0.1, 0.15) is 17.3 Å². The number of methoxy groups -OCH3 is 1. The number of aromatic nitrogens is 2. The van der Waals surface area contributed by atoms with E-state index in [1.54, 1.807) is 24.4 Å². The average Bonchev–Trinajstić information content (AvgIpc) is 2.39. The van der Waals surface area contributed by atoms with Crippen LogP contribution in [0.15, 0.2) is 36.8 Å². The van der Waals surface area contributed by atoms with Crippen molar-refractivity contribution >= 4 is 0 Å². The van der Waals surface area contributed by atoms with Crippen molar-refractivity contribution in [3.63, 3.8) is 0 Å². The minimum absolute atomic E-state index is 0.198. The Labute approximate surface area is 98.3 Å². The largest absolute Gasteiger partial charge is 0.494 e. The molecule has 0 aliphatic heterocycles. The number of rotatable bonds is 3. The highest BCUT2D eigenvalue weighted by atomic mass is 19.1. The monoisotopic (exact) mass is 233 g/mol. The van der Waals surface area contributed by atoms with Crippen LogP contribution in [-0.2, 0) is 0 Å². The van der Waals surface area contributed by atoms with E-state index in [0.29, 0.717) is 11.3 Å². The molecule has 0 fully saturated rings. The summed E-state index contributed by atoms with van der Waals surface area (Å²) in [5.74, 6) is -0.238. The van der Waals surface area contributed by atoms with Crippen molar-refractivity contribution in [3.8, 4) is 5.75 Å². The molecule has 1 atom stereocenters. The molecule has 1 aromatic heterocycles. The Hall–Kier alpha value is -2.01. The topological polar surface area (TPSA) is 61.0 Å². The molecule has 1 unspecified atom stereocenters. The molecule has 0 amide bonds. The predicted octanol–water partition coefficient (Wildman–Crippen LogP) is 1.67. The van der Waals surface area contributed by atoms with Gasteiger partial charge in [-0.15, -0.1) is 0 Å². The van der Waals surface area contributed by atoms with E-state index in [2.05, 4.69) is 9.97 Å². The number of ether oxygens (including phenoxy) is 1. The molecule has 88 valence electrons. The van der Waals surface area contributed by atoms with E-state index >= 15 is 0 Å². The number of halogens is 1. The first kappa shape index (κ1) is 11.5. The van der Waals surface area contributed by atoms with Crippen LogP contribution >= 0.6 is 0 Å². The maximum atomic E-state index is 13.5. The van der Waals surface area contributed by atoms with Crippen LogP contribution in [0.2, 0.25) is 0 Å². The van der Waals surface area contributed by atoms with Crippen LogP contribution in [0, 0.1) is 5.82 Å². The van der Waals surface area contributed by atoms with E-state index in [9.17, 15) is 4.39 Å². The number of nitrogens with zero attached hydrogens (tertiary/aromatic N) is 2. The van der Waals surface area contributed by atoms with Crippen LogP contribution in [0.25, 0.3) is 0 Å². The summed E-state index contributed by atoms with van der Waals surface area (Å²) in [5.41, 5.74) is 7.26. The van der Waals surface area contributed by atoms with Crippen molar-refractivity contribution in [2.75, 3.05) is 7.11 Å². The van der Waals surface area contributed by atoms with Crippen molar-refractivity contribution < 1.29 is 9.13 Å². The molecule has 0 saturated carbocycles. The number of benzene rings is 1. The lowest BCUT2D eigenvalue weighted by atomic mass is 10.0. The normalized spacial score (nSPS) is 12.2. The van der Waals surface area contributed by atoms with Gasteiger partial charge in [0, 0.05) is 6.20 Å². The lowest BCUT2D eigenvalue weighted by Crippen LogP contribution is -2.13. The van der Waals surface area contributed by atoms with Crippen LogP contribution < -0.4 is 10.5 Å². The third-order valence-corrected chi connectivity index (χ3v) is 2.46. The molecule has 4 nitrogen and oxygen atoms in total. The van der Waals surface area contributed by atoms with Gasteiger partial charge in [0.25, 0.3) is 0 Å². The fourth-order valence-electron chi connectivity index (χ4n) is 1.53. The SMILES string of the molecule is COc1ccc(C(N)c2ccncn2)cc1F. The van der Waals surface area contributed by atoms with Crippen LogP contribution in [-0.4, -0.2) is 17.1 Å². The fourth-order valence-corrected chi connectivity index (χ4v) is 1.53. The van der Waals surface area contributed by atoms with Crippen molar-refractivity contribution in [1.82, 2.24) is 9.97 Å². The molecule has 2 rings (SSSR count). The maximum absolute atomic E-state index is 13.5. The third kappa shape index (κ3) is 2.39. The zero-order valence-corrected chi connectivity index (χ0v) is 9.30. The Bertz CT molecular complexity index is 504. The molecule has 0 spiro atoms. The molecule has 0 bridgehead atoms. The van der Waals surface area contributed by atoms with E-state index in [1.165, 1.54) is 19.5 Å². The van der Waals surface area contributed by atoms with Gasteiger partial charge in [-0.3, -0.25) is 0 Å². The van der Waals surface area contributed by atoms with Crippen LogP contribution in [0.4, 0.5) is 4.39 Å². The summed E-state index contributed by atoms with van der Waals surface area (Å²) in [6.45, 7) is 0. The van der Waals surface area contributed by atoms with Gasteiger partial charge in [-0.2, -0.15) is 0 Å². The summed E-state index contributed by atoms with van der Waals surface area (Å²) in [6.07, 6.45) is 3.01. The first-order valence-corrected chi connectivity index (χ1v) is 5.07. The molecule has 0 radical (unpaired) electrons. The minimum Gasteiger partial charge on any atom is -0.494 e. The van der Waals surface area contributed by atoms with Crippen molar-refractivity contribution in [2.45, 2.75) is 6.04 Å². The van der Waals surface area contributed by atoms with Gasteiger partial charge in [0.2, 0.25) is 0 Å². The number of hydrogen-bond acceptors (Lipinski definition) is 4. The van der Waals surface area contributed by atoms with Crippen molar-refractivity contribution in [3.05, 3.63) is 53.9 Å². The maximum Gasteiger partial charge on any atom is 0.165 e. The summed E-state index contributed by atoms with van der Waals surface area (Å²) >= 11 is 0. The molecule has 1 aromatic carbocycles. The summed E-state index contributed by atoms with van der Waals surface area (Å²) in [6, 6.07) is 5.84. The second kappa shape index (κ2) is 4.88. The van der Waals surface area contributed by atoms with Crippen LogP contribution in [0.3, 0.4) is 0 Å². The Morgan fingerprint density at radius 1 is 1.35 bits per heavy atom. The average molecular weight is 233 g/mol. The zero-order valence-electron chi connectivity index (χ0n) is 9.30. The van der Waals surface area contributed by atoms with Gasteiger partial charge in [-0.05, 0) is 23.8 Å². The van der Waals surface area contributed by atoms with Gasteiger partial charge in [0.05, 0.1) is 18.8 Å². The second-order valence-corrected chi connectivity index (χ2v) is 3.51. The Kier molecular flexibility index (Phi) is 3.30. The molecule has 1 heterocycles. The first-order chi connectivity index (χ1) is 8.22. The predicted molar refractivity (Wildman–Crippen MR) is 61.0 cm³/mol. The lowest BCUT2D eigenvalue weighted by Gasteiger charge is -2.12. The van der Waals surface area contributed by atoms with Gasteiger partial charge >= 0.3 is 0 Å². The smallest absolute Gasteiger partial charge is 0.165 e. The molecule has 0 saturated heterocycles. The second-order valence-electron chi connectivity index (χ2n) is 3.51. The lowest BCUT2D eigenvalue weighted by molar-refractivity contribution is 0.386. The molecule has 17 heavy (non-hydrogen) atoms. The summed E-state index contributed by atoms with van der Waals surface area (Å²) in [5, 5.41) is 0. The summed E-state index contributed by atoms with van der Waals surface area (Å²) < 4.78 is 18.4. The van der Waals surface area contributed by atoms with Gasteiger partial charge in [-0.25, -0.2) is 14.4 Å². The summed E-state index contributed by atoms with van der Waals surface area (Å²) in [7, 11) is 1.42. The number of hydrogen-bond donors (Lipinski definition) is 1. The van der Waals surface area contributed by atoms with Crippen molar-refractivity contribution in [1.29, 1.82) is 0 Å². The molecular weight excluding hydrogens is 221 g/mol. The third-order valence-electron chi connectivity index (χ3n) is 2.46. The van der Waals surface area contributed by atoms with E-state index in [-0.39, 0.29) is 5.75 Å². The van der Waals surface area contributed by atoms with E-state index in [0.717, 1.165) is 0 Å².